The zero-order valence-corrected chi connectivity index (χ0v) is 16.0. The summed E-state index contributed by atoms with van der Waals surface area (Å²) in [4.78, 5) is 14.4. The molecule has 1 unspecified atom stereocenters. The van der Waals surface area contributed by atoms with Crippen LogP contribution in [0.2, 0.25) is 0 Å². The van der Waals surface area contributed by atoms with Crippen LogP contribution in [0.3, 0.4) is 0 Å². The smallest absolute Gasteiger partial charge is 0.406 e. The second-order valence-electron chi connectivity index (χ2n) is 7.25. The van der Waals surface area contributed by atoms with Crippen LogP contribution >= 0.6 is 0 Å². The van der Waals surface area contributed by atoms with Gasteiger partial charge in [-0.05, 0) is 17.7 Å². The predicted molar refractivity (Wildman–Crippen MR) is 99.2 cm³/mol. The second kappa shape index (κ2) is 8.15. The molecule has 0 aliphatic carbocycles. The van der Waals surface area contributed by atoms with Gasteiger partial charge < -0.3 is 19.1 Å². The first-order valence-corrected chi connectivity index (χ1v) is 9.46. The van der Waals surface area contributed by atoms with E-state index >= 15 is 0 Å². The normalized spacial score (nSPS) is 21.8. The molecule has 2 aromatic rings. The van der Waals surface area contributed by atoms with E-state index in [1.165, 1.54) is 24.3 Å². The molecular weight excluding hydrogens is 405 g/mol. The van der Waals surface area contributed by atoms with Crippen molar-refractivity contribution < 1.29 is 32.2 Å². The van der Waals surface area contributed by atoms with Crippen molar-refractivity contribution in [2.75, 3.05) is 38.2 Å². The number of ether oxygens (including phenoxy) is 3. The number of rotatable bonds is 4. The van der Waals surface area contributed by atoms with Crippen LogP contribution in [-0.4, -0.2) is 65.6 Å². The first-order chi connectivity index (χ1) is 14.3. The summed E-state index contributed by atoms with van der Waals surface area (Å²) in [5.41, 5.74) is 0.271. The van der Waals surface area contributed by atoms with Crippen LogP contribution in [0.4, 0.5) is 23.8 Å². The van der Waals surface area contributed by atoms with E-state index in [1.807, 2.05) is 0 Å². The Labute approximate surface area is 170 Å². The van der Waals surface area contributed by atoms with Crippen LogP contribution in [0, 0.1) is 0 Å². The van der Waals surface area contributed by atoms with Gasteiger partial charge >= 0.3 is 12.4 Å². The number of anilines is 1. The molecule has 30 heavy (non-hydrogen) atoms. The summed E-state index contributed by atoms with van der Waals surface area (Å²) in [5, 5.41) is 7.04. The topological polar surface area (TPSA) is 77.9 Å². The number of hydrogen-bond acceptors (Lipinski definition) is 5. The van der Waals surface area contributed by atoms with Crippen molar-refractivity contribution in [3.05, 3.63) is 42.1 Å². The van der Waals surface area contributed by atoms with Crippen LogP contribution < -0.4 is 10.1 Å². The third-order valence-corrected chi connectivity index (χ3v) is 5.04. The Hall–Kier alpha value is -2.79. The number of alkyl halides is 3. The molecule has 2 amide bonds. The van der Waals surface area contributed by atoms with Gasteiger partial charge in [0.05, 0.1) is 32.5 Å². The molecule has 0 saturated carbocycles. The van der Waals surface area contributed by atoms with Crippen molar-refractivity contribution in [2.45, 2.75) is 24.9 Å². The summed E-state index contributed by atoms with van der Waals surface area (Å²) in [6.07, 6.45) is -2.44. The summed E-state index contributed by atoms with van der Waals surface area (Å²) in [6.45, 7) is 2.74. The molecule has 2 fully saturated rings. The highest BCUT2D eigenvalue weighted by atomic mass is 19.4. The van der Waals surface area contributed by atoms with Gasteiger partial charge in [0.25, 0.3) is 0 Å². The van der Waals surface area contributed by atoms with Crippen LogP contribution in [0.25, 0.3) is 0 Å². The van der Waals surface area contributed by atoms with Crippen LogP contribution in [0.15, 0.2) is 36.5 Å². The molecule has 1 aromatic carbocycles. The highest BCUT2D eigenvalue weighted by Crippen LogP contribution is 2.28. The second-order valence-corrected chi connectivity index (χ2v) is 7.25. The number of benzene rings is 1. The summed E-state index contributed by atoms with van der Waals surface area (Å²) >= 11 is 0. The molecule has 2 aliphatic rings. The van der Waals surface area contributed by atoms with Gasteiger partial charge in [0.15, 0.2) is 0 Å². The van der Waals surface area contributed by atoms with Crippen molar-refractivity contribution in [3.8, 4) is 5.75 Å². The standard InChI is InChI=1S/C19H21F3N4O4/c20-19(21,22)30-15-3-1-14(2-4-15)11-26-16(5-7-23-26)24-17(27)25-8-10-29-18(12-25)6-9-28-13-18/h1-5,7H,6,8-13H2,(H,24,27). The lowest BCUT2D eigenvalue weighted by Crippen LogP contribution is -2.55. The molecule has 0 bridgehead atoms. The number of aromatic nitrogens is 2. The summed E-state index contributed by atoms with van der Waals surface area (Å²) in [5.74, 6) is 0.191. The molecule has 4 rings (SSSR count). The summed E-state index contributed by atoms with van der Waals surface area (Å²) < 4.78 is 53.5. The zero-order chi connectivity index (χ0) is 21.2. The Kier molecular flexibility index (Phi) is 5.56. The minimum atomic E-state index is -4.73. The van der Waals surface area contributed by atoms with Crippen LogP contribution in [0.1, 0.15) is 12.0 Å². The average molecular weight is 426 g/mol. The van der Waals surface area contributed by atoms with Crippen molar-refractivity contribution in [1.29, 1.82) is 0 Å². The fourth-order valence-corrected chi connectivity index (χ4v) is 3.57. The molecule has 2 aliphatic heterocycles. The predicted octanol–water partition coefficient (Wildman–Crippen LogP) is 2.85. The van der Waals surface area contributed by atoms with Crippen LogP contribution in [0.5, 0.6) is 5.75 Å². The van der Waals surface area contributed by atoms with Crippen molar-refractivity contribution in [3.63, 3.8) is 0 Å². The van der Waals surface area contributed by atoms with Gasteiger partial charge in [0, 0.05) is 25.6 Å². The molecule has 8 nitrogen and oxygen atoms in total. The summed E-state index contributed by atoms with van der Waals surface area (Å²) in [7, 11) is 0. The van der Waals surface area contributed by atoms with E-state index in [9.17, 15) is 18.0 Å². The van der Waals surface area contributed by atoms with E-state index in [0.29, 0.717) is 44.3 Å². The van der Waals surface area contributed by atoms with Gasteiger partial charge in [-0.15, -0.1) is 13.2 Å². The molecule has 1 aromatic heterocycles. The Morgan fingerprint density at radius 3 is 2.73 bits per heavy atom. The van der Waals surface area contributed by atoms with E-state index in [0.717, 1.165) is 6.42 Å². The average Bonchev–Trinajstić information content (AvgIpc) is 3.32. The molecule has 1 atom stereocenters. The van der Waals surface area contributed by atoms with E-state index in [4.69, 9.17) is 9.47 Å². The summed E-state index contributed by atoms with van der Waals surface area (Å²) in [6, 6.07) is 6.90. The zero-order valence-electron chi connectivity index (χ0n) is 16.0. The molecule has 11 heteroatoms. The highest BCUT2D eigenvalue weighted by molar-refractivity contribution is 5.88. The van der Waals surface area contributed by atoms with E-state index in [-0.39, 0.29) is 18.3 Å². The van der Waals surface area contributed by atoms with Gasteiger partial charge in [0.1, 0.15) is 17.2 Å². The fourth-order valence-electron chi connectivity index (χ4n) is 3.57. The number of urea groups is 1. The first-order valence-electron chi connectivity index (χ1n) is 9.46. The third-order valence-electron chi connectivity index (χ3n) is 5.04. The molecule has 2 saturated heterocycles. The van der Waals surface area contributed by atoms with Crippen molar-refractivity contribution in [2.24, 2.45) is 0 Å². The molecular formula is C19H21F3N4O4. The molecule has 1 spiro atoms. The Morgan fingerprint density at radius 2 is 2.03 bits per heavy atom. The number of halogens is 3. The minimum absolute atomic E-state index is 0.264. The van der Waals surface area contributed by atoms with Crippen molar-refractivity contribution >= 4 is 11.8 Å². The Morgan fingerprint density at radius 1 is 1.23 bits per heavy atom. The highest BCUT2D eigenvalue weighted by Gasteiger charge is 2.41. The van der Waals surface area contributed by atoms with Gasteiger partial charge in [-0.25, -0.2) is 9.48 Å². The molecule has 0 radical (unpaired) electrons. The quantitative estimate of drug-likeness (QED) is 0.814. The van der Waals surface area contributed by atoms with E-state index < -0.39 is 12.0 Å². The number of morpholine rings is 1. The lowest BCUT2D eigenvalue weighted by Gasteiger charge is -2.39. The number of hydrogen-bond donors (Lipinski definition) is 1. The van der Waals surface area contributed by atoms with E-state index in [1.54, 1.807) is 21.8 Å². The van der Waals surface area contributed by atoms with Gasteiger partial charge in [0.2, 0.25) is 0 Å². The maximum absolute atomic E-state index is 12.7. The van der Waals surface area contributed by atoms with Gasteiger partial charge in [-0.3, -0.25) is 5.32 Å². The largest absolute Gasteiger partial charge is 0.573 e. The van der Waals surface area contributed by atoms with E-state index in [2.05, 4.69) is 15.2 Å². The SMILES string of the molecule is O=C(Nc1ccnn1Cc1ccc(OC(F)(F)F)cc1)N1CCOC2(CCOC2)C1. The van der Waals surface area contributed by atoms with Gasteiger partial charge in [-0.2, -0.15) is 5.10 Å². The number of nitrogens with one attached hydrogen (secondary N) is 1. The van der Waals surface area contributed by atoms with Gasteiger partial charge in [-0.1, -0.05) is 12.1 Å². The number of carbonyl (C=O) groups is 1. The number of nitrogens with zero attached hydrogens (tertiary/aromatic N) is 3. The first kappa shape index (κ1) is 20.5. The molecule has 3 heterocycles. The maximum atomic E-state index is 12.7. The third kappa shape index (κ3) is 4.85. The number of amides is 2. The lowest BCUT2D eigenvalue weighted by atomic mass is 10.0. The molecule has 1 N–H and O–H groups in total. The lowest BCUT2D eigenvalue weighted by molar-refractivity contribution is -0.274. The maximum Gasteiger partial charge on any atom is 0.573 e. The Balaban J connectivity index is 1.38. The number of carbonyl (C=O) groups excluding carboxylic acids is 1. The molecule has 162 valence electrons. The van der Waals surface area contributed by atoms with Crippen molar-refractivity contribution in [1.82, 2.24) is 14.7 Å². The monoisotopic (exact) mass is 426 g/mol. The minimum Gasteiger partial charge on any atom is -0.406 e. The van der Waals surface area contributed by atoms with Crippen LogP contribution in [-0.2, 0) is 16.0 Å². The Bertz CT molecular complexity index is 879. The fraction of sp³-hybridized carbons (Fsp3) is 0.474.